The van der Waals surface area contributed by atoms with Gasteiger partial charge in [0.2, 0.25) is 5.78 Å². The maximum absolute atomic E-state index is 13.7. The van der Waals surface area contributed by atoms with E-state index in [9.17, 15) is 9.18 Å². The first-order valence-electron chi connectivity index (χ1n) is 5.65. The van der Waals surface area contributed by atoms with Gasteiger partial charge >= 0.3 is 0 Å². The second-order valence-electron chi connectivity index (χ2n) is 3.87. The number of hydrogen-bond acceptors (Lipinski definition) is 2. The van der Waals surface area contributed by atoms with Gasteiger partial charge in [-0.05, 0) is 40.5 Å². The zero-order chi connectivity index (χ0) is 13.1. The molecular weight excluding hydrogens is 299 g/mol. The zero-order valence-electron chi connectivity index (χ0n) is 9.86. The SMILES string of the molecule is CCCn1nccc1C(=O)c1c(F)cccc1Br. The van der Waals surface area contributed by atoms with Crippen LogP contribution in [0.5, 0.6) is 0 Å². The predicted octanol–water partition coefficient (Wildman–Crippen LogP) is 3.43. The number of carbonyl (C=O) groups is 1. The Kier molecular flexibility index (Phi) is 3.91. The highest BCUT2D eigenvalue weighted by Crippen LogP contribution is 2.22. The summed E-state index contributed by atoms with van der Waals surface area (Å²) in [5.41, 5.74) is 0.456. The summed E-state index contributed by atoms with van der Waals surface area (Å²) in [6.45, 7) is 2.63. The van der Waals surface area contributed by atoms with Crippen molar-refractivity contribution in [2.24, 2.45) is 0 Å². The Morgan fingerprint density at radius 1 is 1.44 bits per heavy atom. The molecule has 2 rings (SSSR count). The minimum atomic E-state index is -0.529. The van der Waals surface area contributed by atoms with Crippen molar-refractivity contribution in [1.29, 1.82) is 0 Å². The maximum Gasteiger partial charge on any atom is 0.215 e. The fourth-order valence-electron chi connectivity index (χ4n) is 1.76. The van der Waals surface area contributed by atoms with Crippen molar-refractivity contribution in [3.05, 3.63) is 52.0 Å². The summed E-state index contributed by atoms with van der Waals surface area (Å²) >= 11 is 3.21. The number of aryl methyl sites for hydroxylation is 1. The lowest BCUT2D eigenvalue weighted by Gasteiger charge is -2.07. The molecule has 5 heteroatoms. The van der Waals surface area contributed by atoms with Crippen LogP contribution in [0.1, 0.15) is 29.4 Å². The smallest absolute Gasteiger partial charge is 0.215 e. The molecule has 0 aliphatic heterocycles. The second-order valence-corrected chi connectivity index (χ2v) is 4.72. The third-order valence-electron chi connectivity index (χ3n) is 2.57. The number of ketones is 1. The molecule has 0 spiro atoms. The molecule has 0 aliphatic carbocycles. The van der Waals surface area contributed by atoms with Crippen LogP contribution in [0.25, 0.3) is 0 Å². The molecule has 1 heterocycles. The average molecular weight is 311 g/mol. The normalized spacial score (nSPS) is 10.6. The van der Waals surface area contributed by atoms with Crippen molar-refractivity contribution in [1.82, 2.24) is 9.78 Å². The van der Waals surface area contributed by atoms with E-state index >= 15 is 0 Å². The first-order valence-corrected chi connectivity index (χ1v) is 6.45. The van der Waals surface area contributed by atoms with Gasteiger partial charge in [0.05, 0.1) is 5.56 Å². The highest BCUT2D eigenvalue weighted by atomic mass is 79.9. The van der Waals surface area contributed by atoms with Gasteiger partial charge in [0.1, 0.15) is 11.5 Å². The average Bonchev–Trinajstić information content (AvgIpc) is 2.77. The van der Waals surface area contributed by atoms with Crippen molar-refractivity contribution in [2.75, 3.05) is 0 Å². The van der Waals surface area contributed by atoms with Gasteiger partial charge in [-0.3, -0.25) is 9.48 Å². The Labute approximate surface area is 113 Å². The fraction of sp³-hybridized carbons (Fsp3) is 0.231. The van der Waals surface area contributed by atoms with Gasteiger partial charge < -0.3 is 0 Å². The Hall–Kier alpha value is -1.49. The molecule has 94 valence electrons. The minimum Gasteiger partial charge on any atom is -0.287 e. The summed E-state index contributed by atoms with van der Waals surface area (Å²) in [6.07, 6.45) is 2.41. The summed E-state index contributed by atoms with van der Waals surface area (Å²) < 4.78 is 15.8. The predicted molar refractivity (Wildman–Crippen MR) is 70.1 cm³/mol. The van der Waals surface area contributed by atoms with Crippen LogP contribution in [0, 0.1) is 5.82 Å². The van der Waals surface area contributed by atoms with Crippen molar-refractivity contribution in [3.63, 3.8) is 0 Å². The van der Waals surface area contributed by atoms with Gasteiger partial charge in [-0.15, -0.1) is 0 Å². The Bertz CT molecular complexity index is 560. The number of benzene rings is 1. The van der Waals surface area contributed by atoms with Crippen molar-refractivity contribution in [3.8, 4) is 0 Å². The standard InChI is InChI=1S/C13H12BrFN2O/c1-2-8-17-11(6-7-16-17)13(18)12-9(14)4-3-5-10(12)15/h3-7H,2,8H2,1H3. The van der Waals surface area contributed by atoms with Crippen molar-refractivity contribution >= 4 is 21.7 Å². The quantitative estimate of drug-likeness (QED) is 0.811. The molecule has 0 saturated carbocycles. The third-order valence-corrected chi connectivity index (χ3v) is 3.24. The monoisotopic (exact) mass is 310 g/mol. The maximum atomic E-state index is 13.7. The van der Waals surface area contributed by atoms with Crippen LogP contribution in [0.3, 0.4) is 0 Å². The molecule has 2 aromatic rings. The number of halogens is 2. The fourth-order valence-corrected chi connectivity index (χ4v) is 2.28. The molecule has 0 saturated heterocycles. The number of hydrogen-bond donors (Lipinski definition) is 0. The van der Waals surface area contributed by atoms with Crippen LogP contribution in [-0.2, 0) is 6.54 Å². The van der Waals surface area contributed by atoms with Gasteiger partial charge in [-0.1, -0.05) is 13.0 Å². The molecular formula is C13H12BrFN2O. The molecule has 18 heavy (non-hydrogen) atoms. The molecule has 1 aromatic heterocycles. The van der Waals surface area contributed by atoms with E-state index in [1.54, 1.807) is 29.1 Å². The topological polar surface area (TPSA) is 34.9 Å². The molecule has 0 amide bonds. The van der Waals surface area contributed by atoms with Crippen LogP contribution >= 0.6 is 15.9 Å². The number of carbonyl (C=O) groups excluding carboxylic acids is 1. The number of aromatic nitrogens is 2. The zero-order valence-corrected chi connectivity index (χ0v) is 11.4. The largest absolute Gasteiger partial charge is 0.287 e. The van der Waals surface area contributed by atoms with E-state index in [-0.39, 0.29) is 11.3 Å². The lowest BCUT2D eigenvalue weighted by molar-refractivity contribution is 0.102. The van der Waals surface area contributed by atoms with Crippen LogP contribution in [0.2, 0.25) is 0 Å². The van der Waals surface area contributed by atoms with E-state index in [0.29, 0.717) is 16.7 Å². The van der Waals surface area contributed by atoms with Crippen molar-refractivity contribution in [2.45, 2.75) is 19.9 Å². The van der Waals surface area contributed by atoms with E-state index in [4.69, 9.17) is 0 Å². The molecule has 0 N–H and O–H groups in total. The Morgan fingerprint density at radius 3 is 2.89 bits per heavy atom. The van der Waals surface area contributed by atoms with Crippen LogP contribution < -0.4 is 0 Å². The lowest BCUT2D eigenvalue weighted by Crippen LogP contribution is -2.13. The molecule has 0 radical (unpaired) electrons. The van der Waals surface area contributed by atoms with E-state index in [1.165, 1.54) is 6.07 Å². The first kappa shape index (κ1) is 13.0. The van der Waals surface area contributed by atoms with Gasteiger partial charge in [-0.25, -0.2) is 4.39 Å². The van der Waals surface area contributed by atoms with E-state index < -0.39 is 5.82 Å². The lowest BCUT2D eigenvalue weighted by atomic mass is 10.1. The highest BCUT2D eigenvalue weighted by Gasteiger charge is 2.20. The third kappa shape index (κ3) is 2.36. The van der Waals surface area contributed by atoms with Gasteiger partial charge in [0.25, 0.3) is 0 Å². The van der Waals surface area contributed by atoms with Gasteiger partial charge in [0.15, 0.2) is 0 Å². The summed E-state index contributed by atoms with van der Waals surface area (Å²) in [5, 5.41) is 4.07. The number of nitrogens with zero attached hydrogens (tertiary/aromatic N) is 2. The van der Waals surface area contributed by atoms with E-state index in [1.807, 2.05) is 6.92 Å². The first-order chi connectivity index (χ1) is 8.65. The van der Waals surface area contributed by atoms with E-state index in [2.05, 4.69) is 21.0 Å². The molecule has 0 fully saturated rings. The summed E-state index contributed by atoms with van der Waals surface area (Å²) in [6, 6.07) is 6.09. The second kappa shape index (κ2) is 5.44. The summed E-state index contributed by atoms with van der Waals surface area (Å²) in [5.74, 6) is -0.885. The van der Waals surface area contributed by atoms with Crippen molar-refractivity contribution < 1.29 is 9.18 Å². The van der Waals surface area contributed by atoms with Crippen LogP contribution in [0.4, 0.5) is 4.39 Å². The molecule has 0 unspecified atom stereocenters. The summed E-state index contributed by atoms with van der Waals surface area (Å²) in [4.78, 5) is 12.3. The Balaban J connectivity index is 2.45. The molecule has 1 aromatic carbocycles. The van der Waals surface area contributed by atoms with Gasteiger partial charge in [0, 0.05) is 17.2 Å². The van der Waals surface area contributed by atoms with Crippen LogP contribution in [0.15, 0.2) is 34.9 Å². The Morgan fingerprint density at radius 2 is 2.22 bits per heavy atom. The minimum absolute atomic E-state index is 0.0513. The van der Waals surface area contributed by atoms with E-state index in [0.717, 1.165) is 6.42 Å². The molecule has 3 nitrogen and oxygen atoms in total. The summed E-state index contributed by atoms with van der Waals surface area (Å²) in [7, 11) is 0. The molecule has 0 atom stereocenters. The highest BCUT2D eigenvalue weighted by molar-refractivity contribution is 9.10. The van der Waals surface area contributed by atoms with Gasteiger partial charge in [-0.2, -0.15) is 5.10 Å². The molecule has 0 bridgehead atoms. The number of rotatable bonds is 4. The molecule has 0 aliphatic rings. The van der Waals surface area contributed by atoms with Crippen LogP contribution in [-0.4, -0.2) is 15.6 Å².